The van der Waals surface area contributed by atoms with E-state index in [2.05, 4.69) is 0 Å². The van der Waals surface area contributed by atoms with E-state index in [0.29, 0.717) is 47.3 Å². The largest absolute Gasteiger partial charge is 0.497 e. The summed E-state index contributed by atoms with van der Waals surface area (Å²) in [5.41, 5.74) is 3.06. The first-order chi connectivity index (χ1) is 15.3. The second kappa shape index (κ2) is 9.41. The highest BCUT2D eigenvalue weighted by Gasteiger charge is 2.45. The van der Waals surface area contributed by atoms with Gasteiger partial charge in [0.15, 0.2) is 0 Å². The van der Waals surface area contributed by atoms with E-state index in [0.717, 1.165) is 5.56 Å². The third-order valence-electron chi connectivity index (χ3n) is 6.54. The van der Waals surface area contributed by atoms with Crippen molar-refractivity contribution in [3.8, 4) is 5.75 Å². The van der Waals surface area contributed by atoms with Crippen molar-refractivity contribution in [3.63, 3.8) is 0 Å². The van der Waals surface area contributed by atoms with E-state index in [1.807, 2.05) is 12.1 Å². The average Bonchev–Trinajstić information content (AvgIpc) is 3.27. The molecule has 174 valence electrons. The minimum atomic E-state index is -2.65. The Bertz CT molecular complexity index is 946. The van der Waals surface area contributed by atoms with E-state index in [1.54, 1.807) is 25.3 Å². The van der Waals surface area contributed by atoms with E-state index >= 15 is 0 Å². The zero-order chi connectivity index (χ0) is 23.0. The van der Waals surface area contributed by atoms with Crippen molar-refractivity contribution >= 4 is 0 Å². The summed E-state index contributed by atoms with van der Waals surface area (Å²) in [5, 5.41) is 40.6. The Morgan fingerprint density at radius 2 is 1.72 bits per heavy atom. The Labute approximate surface area is 185 Å². The van der Waals surface area contributed by atoms with Crippen molar-refractivity contribution in [1.82, 2.24) is 0 Å². The molecule has 8 heteroatoms. The van der Waals surface area contributed by atoms with Gasteiger partial charge in [0.2, 0.25) is 0 Å². The Morgan fingerprint density at radius 3 is 2.34 bits per heavy atom. The molecule has 5 atom stereocenters. The summed E-state index contributed by atoms with van der Waals surface area (Å²) in [6, 6.07) is 8.79. The predicted octanol–water partition coefficient (Wildman–Crippen LogP) is 2.23. The van der Waals surface area contributed by atoms with Crippen LogP contribution in [0, 0.1) is 0 Å². The summed E-state index contributed by atoms with van der Waals surface area (Å²) in [6.45, 7) is -0.544. The smallest absolute Gasteiger partial charge is 0.264 e. The van der Waals surface area contributed by atoms with Gasteiger partial charge in [-0.25, -0.2) is 8.78 Å². The van der Waals surface area contributed by atoms with Crippen LogP contribution in [0.5, 0.6) is 5.75 Å². The lowest BCUT2D eigenvalue weighted by molar-refractivity contribution is -0.231. The van der Waals surface area contributed by atoms with Crippen LogP contribution < -0.4 is 4.74 Å². The summed E-state index contributed by atoms with van der Waals surface area (Å²) in [7, 11) is 1.55. The van der Waals surface area contributed by atoms with Gasteiger partial charge in [0, 0.05) is 5.56 Å². The van der Waals surface area contributed by atoms with Crippen molar-refractivity contribution in [3.05, 3.63) is 63.7 Å². The monoisotopic (exact) mass is 450 g/mol. The maximum Gasteiger partial charge on any atom is 0.264 e. The number of ether oxygens (including phenoxy) is 2. The number of aliphatic hydroxyl groups is 4. The molecule has 5 unspecified atom stereocenters. The molecule has 32 heavy (non-hydrogen) atoms. The molecule has 4 N–H and O–H groups in total. The Morgan fingerprint density at radius 1 is 1.03 bits per heavy atom. The number of rotatable bonds is 6. The first-order valence-electron chi connectivity index (χ1n) is 10.7. The first kappa shape index (κ1) is 23.1. The number of alkyl halides is 2. The Hall–Kier alpha value is -2.10. The standard InChI is InChI=1S/C24H28F2O6/c1-31-14-7-5-12(6-8-14)9-13-10-17(15-3-2-4-16(15)19(13)24(25)26)23-22(30)21(29)20(28)18(11-27)32-23/h5-8,10,18,20-24,27-30H,2-4,9,11H2,1H3. The fourth-order valence-corrected chi connectivity index (χ4v) is 4.90. The lowest BCUT2D eigenvalue weighted by Crippen LogP contribution is -2.55. The van der Waals surface area contributed by atoms with Gasteiger partial charge in [-0.3, -0.25) is 0 Å². The van der Waals surface area contributed by atoms with Gasteiger partial charge in [0.05, 0.1) is 13.7 Å². The molecule has 0 bridgehead atoms. The molecule has 0 aromatic heterocycles. The van der Waals surface area contributed by atoms with Gasteiger partial charge in [-0.2, -0.15) is 0 Å². The van der Waals surface area contributed by atoms with Gasteiger partial charge in [-0.05, 0) is 65.6 Å². The summed E-state index contributed by atoms with van der Waals surface area (Å²) in [4.78, 5) is 0. The van der Waals surface area contributed by atoms with E-state index in [4.69, 9.17) is 9.47 Å². The fraction of sp³-hybridized carbons (Fsp3) is 0.500. The number of hydrogen-bond donors (Lipinski definition) is 4. The molecule has 2 aliphatic rings. The van der Waals surface area contributed by atoms with Gasteiger partial charge in [0.25, 0.3) is 6.43 Å². The van der Waals surface area contributed by atoms with E-state index in [9.17, 15) is 29.2 Å². The fourth-order valence-electron chi connectivity index (χ4n) is 4.90. The summed E-state index contributed by atoms with van der Waals surface area (Å²) < 4.78 is 39.3. The highest BCUT2D eigenvalue weighted by Crippen LogP contribution is 2.43. The lowest BCUT2D eigenvalue weighted by Gasteiger charge is -2.41. The molecule has 0 spiro atoms. The van der Waals surface area contributed by atoms with Crippen molar-refractivity contribution in [2.45, 2.75) is 62.6 Å². The number of halogens is 2. The number of methoxy groups -OCH3 is 1. The second-order valence-electron chi connectivity index (χ2n) is 8.42. The van der Waals surface area contributed by atoms with Crippen LogP contribution in [0.3, 0.4) is 0 Å². The maximum atomic E-state index is 14.2. The molecular weight excluding hydrogens is 422 g/mol. The molecule has 1 aliphatic carbocycles. The van der Waals surface area contributed by atoms with Crippen LogP contribution in [0.25, 0.3) is 0 Å². The average molecular weight is 450 g/mol. The van der Waals surface area contributed by atoms with Crippen molar-refractivity contribution in [2.24, 2.45) is 0 Å². The third kappa shape index (κ3) is 4.13. The van der Waals surface area contributed by atoms with E-state index in [1.165, 1.54) is 0 Å². The minimum absolute atomic E-state index is 0.0154. The van der Waals surface area contributed by atoms with E-state index in [-0.39, 0.29) is 12.0 Å². The predicted molar refractivity (Wildman–Crippen MR) is 112 cm³/mol. The molecule has 2 aromatic rings. The number of benzene rings is 2. The summed E-state index contributed by atoms with van der Waals surface area (Å²) >= 11 is 0. The zero-order valence-corrected chi connectivity index (χ0v) is 17.7. The van der Waals surface area contributed by atoms with Crippen LogP contribution in [-0.4, -0.2) is 58.6 Å². The summed E-state index contributed by atoms with van der Waals surface area (Å²) in [6.07, 6.45) is -7.21. The van der Waals surface area contributed by atoms with Gasteiger partial charge in [-0.1, -0.05) is 18.2 Å². The van der Waals surface area contributed by atoms with Crippen LogP contribution in [0.1, 0.15) is 52.3 Å². The SMILES string of the molecule is COc1ccc(Cc2cc(C3OC(CO)C(O)C(O)C3O)c3c(c2C(F)F)CCC3)cc1. The number of fused-ring (bicyclic) bond motifs is 1. The molecule has 1 fully saturated rings. The van der Waals surface area contributed by atoms with Gasteiger partial charge in [-0.15, -0.1) is 0 Å². The molecule has 2 aromatic carbocycles. The maximum absolute atomic E-state index is 14.2. The Balaban J connectivity index is 1.79. The molecule has 1 aliphatic heterocycles. The summed E-state index contributed by atoms with van der Waals surface area (Å²) in [5.74, 6) is 0.666. The highest BCUT2D eigenvalue weighted by atomic mass is 19.3. The highest BCUT2D eigenvalue weighted by molar-refractivity contribution is 5.52. The number of hydrogen-bond acceptors (Lipinski definition) is 6. The molecule has 1 heterocycles. The van der Waals surface area contributed by atoms with Crippen molar-refractivity contribution in [1.29, 1.82) is 0 Å². The molecule has 0 saturated carbocycles. The lowest BCUT2D eigenvalue weighted by atomic mass is 9.84. The second-order valence-corrected chi connectivity index (χ2v) is 8.42. The van der Waals surface area contributed by atoms with Crippen molar-refractivity contribution < 1.29 is 38.7 Å². The molecular formula is C24H28F2O6. The number of aliphatic hydroxyl groups excluding tert-OH is 4. The van der Waals surface area contributed by atoms with Crippen LogP contribution in [0.15, 0.2) is 30.3 Å². The molecule has 6 nitrogen and oxygen atoms in total. The van der Waals surface area contributed by atoms with Crippen molar-refractivity contribution in [2.75, 3.05) is 13.7 Å². The quantitative estimate of drug-likeness (QED) is 0.539. The van der Waals surface area contributed by atoms with E-state index < -0.39 is 43.6 Å². The Kier molecular flexibility index (Phi) is 6.78. The molecule has 0 amide bonds. The molecule has 0 radical (unpaired) electrons. The van der Waals surface area contributed by atoms with Crippen LogP contribution in [0.4, 0.5) is 8.78 Å². The van der Waals surface area contributed by atoms with Gasteiger partial charge >= 0.3 is 0 Å². The zero-order valence-electron chi connectivity index (χ0n) is 17.7. The topological polar surface area (TPSA) is 99.4 Å². The molecule has 4 rings (SSSR count). The first-order valence-corrected chi connectivity index (χ1v) is 10.7. The van der Waals surface area contributed by atoms with Crippen LogP contribution in [-0.2, 0) is 24.0 Å². The van der Waals surface area contributed by atoms with Crippen LogP contribution in [0.2, 0.25) is 0 Å². The van der Waals surface area contributed by atoms with Gasteiger partial charge in [0.1, 0.15) is 36.3 Å². The van der Waals surface area contributed by atoms with Crippen LogP contribution >= 0.6 is 0 Å². The van der Waals surface area contributed by atoms with Gasteiger partial charge < -0.3 is 29.9 Å². The third-order valence-corrected chi connectivity index (χ3v) is 6.54. The minimum Gasteiger partial charge on any atom is -0.497 e. The molecule has 1 saturated heterocycles. The normalized spacial score (nSPS) is 27.6.